The van der Waals surface area contributed by atoms with Gasteiger partial charge < -0.3 is 10.1 Å². The van der Waals surface area contributed by atoms with Gasteiger partial charge in [-0.2, -0.15) is 0 Å². The molecule has 1 N–H and O–H groups in total. The number of carbonyl (C=O) groups excluding carboxylic acids is 1. The number of rotatable bonds is 4. The molecule has 1 aromatic heterocycles. The molecule has 5 heteroatoms. The maximum atomic E-state index is 12.3. The van der Waals surface area contributed by atoms with Crippen LogP contribution in [0.3, 0.4) is 0 Å². The largest absolute Gasteiger partial charge is 0.461 e. The van der Waals surface area contributed by atoms with Gasteiger partial charge in [-0.25, -0.2) is 14.8 Å². The number of nitrogens with zero attached hydrogens (tertiary/aromatic N) is 2. The quantitative estimate of drug-likeness (QED) is 0.731. The lowest BCUT2D eigenvalue weighted by molar-refractivity contribution is 0.0521. The van der Waals surface area contributed by atoms with Crippen LogP contribution in [0, 0.1) is 13.8 Å². The predicted molar refractivity (Wildman–Crippen MR) is 94.7 cm³/mol. The Labute approximate surface area is 140 Å². The van der Waals surface area contributed by atoms with Crippen LogP contribution in [0.1, 0.15) is 28.5 Å². The first kappa shape index (κ1) is 15.9. The second-order valence-corrected chi connectivity index (χ2v) is 5.50. The van der Waals surface area contributed by atoms with E-state index in [1.54, 1.807) is 6.92 Å². The van der Waals surface area contributed by atoms with Crippen molar-refractivity contribution in [1.82, 2.24) is 9.97 Å². The smallest absolute Gasteiger partial charge is 0.360 e. The number of anilines is 2. The number of hydrogen-bond acceptors (Lipinski definition) is 5. The van der Waals surface area contributed by atoms with Gasteiger partial charge in [0.15, 0.2) is 11.5 Å². The molecule has 0 fully saturated rings. The number of carbonyl (C=O) groups is 1. The molecule has 0 aliphatic carbocycles. The highest BCUT2D eigenvalue weighted by molar-refractivity contribution is 5.96. The third kappa shape index (κ3) is 3.06. The van der Waals surface area contributed by atoms with Crippen molar-refractivity contribution in [3.63, 3.8) is 0 Å². The van der Waals surface area contributed by atoms with E-state index in [1.165, 1.54) is 0 Å². The second-order valence-electron chi connectivity index (χ2n) is 5.50. The Morgan fingerprint density at radius 2 is 1.75 bits per heavy atom. The number of benzene rings is 2. The van der Waals surface area contributed by atoms with Gasteiger partial charge in [-0.3, -0.25) is 0 Å². The second kappa shape index (κ2) is 6.66. The fourth-order valence-corrected chi connectivity index (χ4v) is 2.44. The van der Waals surface area contributed by atoms with Gasteiger partial charge in [-0.15, -0.1) is 0 Å². The van der Waals surface area contributed by atoms with Gasteiger partial charge in [0.2, 0.25) is 0 Å². The molecule has 0 saturated heterocycles. The molecule has 0 aliphatic rings. The summed E-state index contributed by atoms with van der Waals surface area (Å²) in [4.78, 5) is 21.3. The van der Waals surface area contributed by atoms with E-state index >= 15 is 0 Å². The number of aryl methyl sites for hydroxylation is 1. The molecule has 1 heterocycles. The Kier molecular flexibility index (Phi) is 4.42. The number of aromatic nitrogens is 2. The molecule has 3 aromatic rings. The van der Waals surface area contributed by atoms with Crippen LogP contribution in [0.4, 0.5) is 11.5 Å². The first-order chi connectivity index (χ1) is 11.6. The van der Waals surface area contributed by atoms with Gasteiger partial charge >= 0.3 is 5.97 Å². The molecule has 5 nitrogen and oxygen atoms in total. The summed E-state index contributed by atoms with van der Waals surface area (Å²) in [5.41, 5.74) is 4.72. The Morgan fingerprint density at radius 1 is 1.04 bits per heavy atom. The van der Waals surface area contributed by atoms with Crippen LogP contribution in [-0.2, 0) is 4.74 Å². The average molecular weight is 321 g/mol. The summed E-state index contributed by atoms with van der Waals surface area (Å²) in [6.07, 6.45) is 0. The minimum Gasteiger partial charge on any atom is -0.461 e. The van der Waals surface area contributed by atoms with Gasteiger partial charge in [0.25, 0.3) is 0 Å². The highest BCUT2D eigenvalue weighted by atomic mass is 16.5. The zero-order valence-electron chi connectivity index (χ0n) is 14.0. The third-order valence-electron chi connectivity index (χ3n) is 3.90. The minimum atomic E-state index is -0.483. The molecule has 0 bridgehead atoms. The molecule has 122 valence electrons. The summed E-state index contributed by atoms with van der Waals surface area (Å²) in [6.45, 7) is 6.12. The number of nitrogens with one attached hydrogen (secondary N) is 1. The Morgan fingerprint density at radius 3 is 2.46 bits per heavy atom. The molecular weight excluding hydrogens is 302 g/mol. The maximum absolute atomic E-state index is 12.3. The van der Waals surface area contributed by atoms with Crippen molar-refractivity contribution in [2.75, 3.05) is 11.9 Å². The molecule has 2 aromatic carbocycles. The number of hydrogen-bond donors (Lipinski definition) is 1. The summed E-state index contributed by atoms with van der Waals surface area (Å²) < 4.78 is 5.13. The zero-order chi connectivity index (χ0) is 17.1. The van der Waals surface area contributed by atoms with Gasteiger partial charge in [0, 0.05) is 5.69 Å². The molecule has 0 saturated carbocycles. The first-order valence-electron chi connectivity index (χ1n) is 7.87. The van der Waals surface area contributed by atoms with Crippen LogP contribution in [-0.4, -0.2) is 22.5 Å². The fraction of sp³-hybridized carbons (Fsp3) is 0.211. The molecule has 0 amide bonds. The van der Waals surface area contributed by atoms with Crippen LogP contribution < -0.4 is 5.32 Å². The van der Waals surface area contributed by atoms with E-state index in [2.05, 4.69) is 15.3 Å². The van der Waals surface area contributed by atoms with Gasteiger partial charge in [0.1, 0.15) is 0 Å². The van der Waals surface area contributed by atoms with E-state index in [0.29, 0.717) is 11.3 Å². The molecular formula is C19H19N3O2. The standard InChI is InChI=1S/C19H19N3O2/c1-4-24-19(23)17-18(21-14-11-7-8-12(2)13(14)3)22-16-10-6-5-9-15(16)20-17/h5-11H,4H2,1-3H3,(H,21,22). The molecule has 0 aliphatic heterocycles. The van der Waals surface area contributed by atoms with Crippen molar-refractivity contribution in [2.45, 2.75) is 20.8 Å². The summed E-state index contributed by atoms with van der Waals surface area (Å²) in [5.74, 6) is -0.0793. The lowest BCUT2D eigenvalue weighted by Crippen LogP contribution is -2.12. The van der Waals surface area contributed by atoms with E-state index in [4.69, 9.17) is 4.74 Å². The van der Waals surface area contributed by atoms with E-state index < -0.39 is 5.97 Å². The summed E-state index contributed by atoms with van der Waals surface area (Å²) >= 11 is 0. The van der Waals surface area contributed by atoms with E-state index in [0.717, 1.165) is 22.3 Å². The highest BCUT2D eigenvalue weighted by Gasteiger charge is 2.18. The lowest BCUT2D eigenvalue weighted by Gasteiger charge is -2.14. The van der Waals surface area contributed by atoms with E-state index in [9.17, 15) is 4.79 Å². The molecule has 0 radical (unpaired) electrons. The van der Waals surface area contributed by atoms with Gasteiger partial charge in [-0.05, 0) is 50.1 Å². The average Bonchev–Trinajstić information content (AvgIpc) is 2.58. The van der Waals surface area contributed by atoms with Gasteiger partial charge in [-0.1, -0.05) is 24.3 Å². The van der Waals surface area contributed by atoms with Crippen LogP contribution in [0.2, 0.25) is 0 Å². The van der Waals surface area contributed by atoms with Crippen LogP contribution in [0.25, 0.3) is 11.0 Å². The monoisotopic (exact) mass is 321 g/mol. The van der Waals surface area contributed by atoms with Gasteiger partial charge in [0.05, 0.1) is 17.6 Å². The highest BCUT2D eigenvalue weighted by Crippen LogP contribution is 2.25. The fourth-order valence-electron chi connectivity index (χ4n) is 2.44. The van der Waals surface area contributed by atoms with Crippen molar-refractivity contribution in [1.29, 1.82) is 0 Å². The number of ether oxygens (including phenoxy) is 1. The summed E-state index contributed by atoms with van der Waals surface area (Å²) in [6, 6.07) is 13.4. The van der Waals surface area contributed by atoms with Crippen LogP contribution in [0.5, 0.6) is 0 Å². The molecule has 0 unspecified atom stereocenters. The minimum absolute atomic E-state index is 0.191. The Hall–Kier alpha value is -2.95. The normalized spacial score (nSPS) is 10.6. The summed E-state index contributed by atoms with van der Waals surface area (Å²) in [7, 11) is 0. The predicted octanol–water partition coefficient (Wildman–Crippen LogP) is 4.17. The lowest BCUT2D eigenvalue weighted by atomic mass is 10.1. The molecule has 0 atom stereocenters. The topological polar surface area (TPSA) is 64.1 Å². The van der Waals surface area contributed by atoms with E-state index in [1.807, 2.05) is 56.3 Å². The Balaban J connectivity index is 2.12. The summed E-state index contributed by atoms with van der Waals surface area (Å²) in [5, 5.41) is 3.24. The SMILES string of the molecule is CCOC(=O)c1nc2ccccc2nc1Nc1cccc(C)c1C. The van der Waals surface area contributed by atoms with Crippen molar-refractivity contribution in [3.8, 4) is 0 Å². The van der Waals surface area contributed by atoms with Crippen molar-refractivity contribution in [3.05, 3.63) is 59.3 Å². The first-order valence-corrected chi connectivity index (χ1v) is 7.87. The number of fused-ring (bicyclic) bond motifs is 1. The third-order valence-corrected chi connectivity index (χ3v) is 3.90. The van der Waals surface area contributed by atoms with Crippen molar-refractivity contribution in [2.24, 2.45) is 0 Å². The Bertz CT molecular complexity index is 906. The van der Waals surface area contributed by atoms with E-state index in [-0.39, 0.29) is 12.3 Å². The molecule has 24 heavy (non-hydrogen) atoms. The van der Waals surface area contributed by atoms with Crippen LogP contribution >= 0.6 is 0 Å². The molecule has 0 spiro atoms. The number of para-hydroxylation sites is 2. The van der Waals surface area contributed by atoms with Crippen molar-refractivity contribution >= 4 is 28.5 Å². The van der Waals surface area contributed by atoms with Crippen molar-refractivity contribution < 1.29 is 9.53 Å². The number of esters is 1. The van der Waals surface area contributed by atoms with Crippen LogP contribution in [0.15, 0.2) is 42.5 Å². The zero-order valence-corrected chi connectivity index (χ0v) is 14.0. The molecule has 3 rings (SSSR count). The maximum Gasteiger partial charge on any atom is 0.360 e.